The maximum Gasteiger partial charge on any atom is 0.324 e. The van der Waals surface area contributed by atoms with E-state index in [1.54, 1.807) is 0 Å². The van der Waals surface area contributed by atoms with Crippen molar-refractivity contribution >= 4 is 27.6 Å². The summed E-state index contributed by atoms with van der Waals surface area (Å²) < 4.78 is 44.1. The smallest absolute Gasteiger partial charge is 0.324 e. The Hall–Kier alpha value is -1.18. The highest BCUT2D eigenvalue weighted by Crippen LogP contribution is 2.26. The molecule has 1 unspecified atom stereocenters. The zero-order valence-corrected chi connectivity index (χ0v) is 13.7. The van der Waals surface area contributed by atoms with Crippen LogP contribution in [0.1, 0.15) is 24.8 Å². The van der Waals surface area contributed by atoms with Crippen LogP contribution in [0.15, 0.2) is 18.2 Å². The van der Waals surface area contributed by atoms with Gasteiger partial charge in [-0.1, -0.05) is 17.7 Å². The number of hydrogen-bond acceptors (Lipinski definition) is 4. The van der Waals surface area contributed by atoms with Gasteiger partial charge in [-0.2, -0.15) is 4.31 Å². The molecule has 1 heterocycles. The van der Waals surface area contributed by atoms with Crippen LogP contribution in [-0.4, -0.2) is 38.4 Å². The zero-order valence-electron chi connectivity index (χ0n) is 12.1. The summed E-state index contributed by atoms with van der Waals surface area (Å²) >= 11 is 5.89. The topological polar surface area (TPSA) is 63.7 Å². The number of nitrogens with zero attached hydrogens (tertiary/aromatic N) is 1. The zero-order chi connectivity index (χ0) is 16.3. The lowest BCUT2D eigenvalue weighted by atomic mass is 10.1. The van der Waals surface area contributed by atoms with Crippen molar-refractivity contribution in [3.8, 4) is 0 Å². The second-order valence-electron chi connectivity index (χ2n) is 5.14. The highest BCUT2D eigenvalue weighted by atomic mass is 35.5. The predicted molar refractivity (Wildman–Crippen MR) is 80.4 cm³/mol. The third kappa shape index (κ3) is 3.77. The summed E-state index contributed by atoms with van der Waals surface area (Å²) in [5.41, 5.74) is 0.303. The van der Waals surface area contributed by atoms with Crippen molar-refractivity contribution in [3.63, 3.8) is 0 Å². The van der Waals surface area contributed by atoms with Crippen LogP contribution in [-0.2, 0) is 25.3 Å². The molecule has 1 aliphatic heterocycles. The van der Waals surface area contributed by atoms with Gasteiger partial charge in [-0.15, -0.1) is 0 Å². The maximum absolute atomic E-state index is 13.0. The minimum Gasteiger partial charge on any atom is -0.468 e. The Kier molecular flexibility index (Phi) is 5.41. The van der Waals surface area contributed by atoms with E-state index in [4.69, 9.17) is 11.6 Å². The number of methoxy groups -OCH3 is 1. The molecule has 0 N–H and O–H groups in total. The van der Waals surface area contributed by atoms with E-state index in [2.05, 4.69) is 4.74 Å². The molecule has 1 saturated heterocycles. The average Bonchev–Trinajstić information content (AvgIpc) is 2.49. The normalized spacial score (nSPS) is 19.9. The van der Waals surface area contributed by atoms with E-state index in [0.717, 1.165) is 18.6 Å². The molecular weight excluding hydrogens is 333 g/mol. The van der Waals surface area contributed by atoms with E-state index >= 15 is 0 Å². The predicted octanol–water partition coefficient (Wildman–Crippen LogP) is 2.34. The number of hydrogen-bond donors (Lipinski definition) is 0. The Labute approximate surface area is 134 Å². The summed E-state index contributed by atoms with van der Waals surface area (Å²) in [5, 5.41) is 0.0511. The van der Waals surface area contributed by atoms with Gasteiger partial charge in [0.15, 0.2) is 0 Å². The molecule has 1 aromatic carbocycles. The molecule has 0 amide bonds. The van der Waals surface area contributed by atoms with Crippen molar-refractivity contribution in [1.82, 2.24) is 4.31 Å². The van der Waals surface area contributed by atoms with Gasteiger partial charge in [0.25, 0.3) is 0 Å². The third-order valence-electron chi connectivity index (χ3n) is 3.64. The van der Waals surface area contributed by atoms with Crippen LogP contribution in [0, 0.1) is 5.82 Å². The molecule has 1 aromatic rings. The standard InChI is InChI=1S/C14H17ClFNO4S/c1-21-14(18)13-4-2-3-7-17(13)22(19,20)9-10-5-6-11(16)8-12(10)15/h5-6,8,13H,2-4,7,9H2,1H3. The van der Waals surface area contributed by atoms with Crippen LogP contribution in [0.25, 0.3) is 0 Å². The molecule has 1 aliphatic rings. The summed E-state index contributed by atoms with van der Waals surface area (Å²) in [6, 6.07) is 2.76. The molecule has 0 saturated carbocycles. The number of benzene rings is 1. The number of carbonyl (C=O) groups is 1. The SMILES string of the molecule is COC(=O)C1CCCCN1S(=O)(=O)Cc1ccc(F)cc1Cl. The first-order valence-electron chi connectivity index (χ1n) is 6.86. The van der Waals surface area contributed by atoms with Gasteiger partial charge < -0.3 is 4.74 Å². The van der Waals surface area contributed by atoms with Crippen molar-refractivity contribution in [3.05, 3.63) is 34.6 Å². The Morgan fingerprint density at radius 3 is 2.82 bits per heavy atom. The van der Waals surface area contributed by atoms with E-state index in [1.165, 1.54) is 17.5 Å². The van der Waals surface area contributed by atoms with Gasteiger partial charge in [0.05, 0.1) is 12.9 Å². The summed E-state index contributed by atoms with van der Waals surface area (Å²) in [7, 11) is -2.52. The number of esters is 1. The molecule has 122 valence electrons. The first kappa shape index (κ1) is 17.2. The molecule has 5 nitrogen and oxygen atoms in total. The van der Waals surface area contributed by atoms with Gasteiger partial charge in [-0.25, -0.2) is 12.8 Å². The van der Waals surface area contributed by atoms with Gasteiger partial charge in [0.2, 0.25) is 10.0 Å². The first-order chi connectivity index (χ1) is 10.3. The van der Waals surface area contributed by atoms with Gasteiger partial charge >= 0.3 is 5.97 Å². The first-order valence-corrected chi connectivity index (χ1v) is 8.85. The summed E-state index contributed by atoms with van der Waals surface area (Å²) in [6.45, 7) is 0.265. The van der Waals surface area contributed by atoms with Gasteiger partial charge in [-0.05, 0) is 37.0 Å². The molecule has 0 bridgehead atoms. The Bertz CT molecular complexity index is 665. The fourth-order valence-corrected chi connectivity index (χ4v) is 4.64. The lowest BCUT2D eigenvalue weighted by molar-refractivity contribution is -0.146. The fraction of sp³-hybridized carbons (Fsp3) is 0.500. The Balaban J connectivity index is 2.26. The number of piperidine rings is 1. The number of rotatable bonds is 4. The van der Waals surface area contributed by atoms with Crippen LogP contribution < -0.4 is 0 Å². The third-order valence-corrected chi connectivity index (χ3v) is 5.82. The highest BCUT2D eigenvalue weighted by molar-refractivity contribution is 7.88. The minimum atomic E-state index is -3.75. The second kappa shape index (κ2) is 6.93. The Morgan fingerprint density at radius 1 is 1.45 bits per heavy atom. The van der Waals surface area contributed by atoms with E-state index in [-0.39, 0.29) is 17.3 Å². The van der Waals surface area contributed by atoms with E-state index in [0.29, 0.717) is 18.4 Å². The molecule has 0 aromatic heterocycles. The molecule has 0 aliphatic carbocycles. The lowest BCUT2D eigenvalue weighted by Crippen LogP contribution is -2.48. The van der Waals surface area contributed by atoms with Crippen molar-refractivity contribution in [2.45, 2.75) is 31.1 Å². The van der Waals surface area contributed by atoms with E-state index < -0.39 is 27.9 Å². The van der Waals surface area contributed by atoms with Gasteiger partial charge in [0, 0.05) is 11.6 Å². The molecule has 0 radical (unpaired) electrons. The van der Waals surface area contributed by atoms with Crippen LogP contribution in [0.5, 0.6) is 0 Å². The average molecular weight is 350 g/mol. The maximum atomic E-state index is 13.0. The second-order valence-corrected chi connectivity index (χ2v) is 7.47. The van der Waals surface area contributed by atoms with E-state index in [1.807, 2.05) is 0 Å². The number of sulfonamides is 1. The van der Waals surface area contributed by atoms with Crippen LogP contribution in [0.3, 0.4) is 0 Å². The summed E-state index contributed by atoms with van der Waals surface area (Å²) in [4.78, 5) is 11.8. The molecule has 8 heteroatoms. The molecule has 0 spiro atoms. The van der Waals surface area contributed by atoms with Crippen LogP contribution in [0.4, 0.5) is 4.39 Å². The molecular formula is C14H17ClFNO4S. The van der Waals surface area contributed by atoms with Crippen molar-refractivity contribution < 1.29 is 22.3 Å². The Morgan fingerprint density at radius 2 is 2.18 bits per heavy atom. The largest absolute Gasteiger partial charge is 0.468 e. The molecule has 22 heavy (non-hydrogen) atoms. The summed E-state index contributed by atoms with van der Waals surface area (Å²) in [5.74, 6) is -1.47. The van der Waals surface area contributed by atoms with E-state index in [9.17, 15) is 17.6 Å². The quantitative estimate of drug-likeness (QED) is 0.783. The monoisotopic (exact) mass is 349 g/mol. The molecule has 1 fully saturated rings. The van der Waals surface area contributed by atoms with Crippen LogP contribution in [0.2, 0.25) is 5.02 Å². The van der Waals surface area contributed by atoms with Gasteiger partial charge in [-0.3, -0.25) is 4.79 Å². The number of carbonyl (C=O) groups excluding carboxylic acids is 1. The van der Waals surface area contributed by atoms with Crippen molar-refractivity contribution in [1.29, 1.82) is 0 Å². The highest BCUT2D eigenvalue weighted by Gasteiger charge is 2.37. The van der Waals surface area contributed by atoms with Gasteiger partial charge in [0.1, 0.15) is 11.9 Å². The number of ether oxygens (including phenoxy) is 1. The van der Waals surface area contributed by atoms with Crippen molar-refractivity contribution in [2.24, 2.45) is 0 Å². The summed E-state index contributed by atoms with van der Waals surface area (Å²) in [6.07, 6.45) is 1.88. The molecule has 1 atom stereocenters. The van der Waals surface area contributed by atoms with Crippen LogP contribution >= 0.6 is 11.6 Å². The fourth-order valence-electron chi connectivity index (χ4n) is 2.53. The number of halogens is 2. The van der Waals surface area contributed by atoms with Crippen molar-refractivity contribution in [2.75, 3.05) is 13.7 Å². The lowest BCUT2D eigenvalue weighted by Gasteiger charge is -2.32. The molecule has 2 rings (SSSR count). The minimum absolute atomic E-state index is 0.0511.